The van der Waals surface area contributed by atoms with Crippen LogP contribution in [0.5, 0.6) is 11.5 Å². The van der Waals surface area contributed by atoms with Crippen molar-refractivity contribution in [3.05, 3.63) is 70.7 Å². The van der Waals surface area contributed by atoms with Crippen LogP contribution in [0.3, 0.4) is 0 Å². The third-order valence-corrected chi connectivity index (χ3v) is 6.04. The third-order valence-electron chi connectivity index (χ3n) is 5.51. The van der Waals surface area contributed by atoms with Crippen LogP contribution in [-0.4, -0.2) is 45.1 Å². The number of ether oxygens (including phenoxy) is 2. The number of halogens is 2. The number of hydrazone groups is 1. The summed E-state index contributed by atoms with van der Waals surface area (Å²) < 4.78 is 12.8. The van der Waals surface area contributed by atoms with Crippen molar-refractivity contribution in [3.63, 3.8) is 0 Å². The molecule has 0 spiro atoms. The average Bonchev–Trinajstić information content (AvgIpc) is 3.46. The second-order valence-electron chi connectivity index (χ2n) is 8.88. The Morgan fingerprint density at radius 2 is 1.82 bits per heavy atom. The van der Waals surface area contributed by atoms with E-state index in [-0.39, 0.29) is 24.0 Å². The number of benzene rings is 2. The molecule has 0 saturated heterocycles. The largest absolute Gasteiger partial charge is 0.497 e. The first-order valence-electron chi connectivity index (χ1n) is 10.7. The molecule has 1 amide bonds. The second-order valence-corrected chi connectivity index (χ2v) is 9.72. The lowest BCUT2D eigenvalue weighted by atomic mass is 9.82. The zero-order chi connectivity index (χ0) is 24.5. The van der Waals surface area contributed by atoms with Gasteiger partial charge < -0.3 is 9.47 Å². The zero-order valence-electron chi connectivity index (χ0n) is 19.3. The fraction of sp³-hybridized carbons (Fsp3) is 0.333. The standard InChI is InChI=1S/C24H25Cl2N5O3/c1-24(2,3)23-22(30-14-27-13-28-30)21(15-5-8-17(33-4)9-6-15)31(29-23)20(32)12-34-19-10-7-16(25)11-18(19)26/h5-11,13-14,21-22H,12H2,1-4H3. The summed E-state index contributed by atoms with van der Waals surface area (Å²) in [6.07, 6.45) is 3.11. The summed E-state index contributed by atoms with van der Waals surface area (Å²) in [6.45, 7) is 5.91. The van der Waals surface area contributed by atoms with Crippen molar-refractivity contribution < 1.29 is 14.3 Å². The van der Waals surface area contributed by atoms with Crippen molar-refractivity contribution in [1.29, 1.82) is 0 Å². The van der Waals surface area contributed by atoms with Gasteiger partial charge in [0.2, 0.25) is 0 Å². The summed E-state index contributed by atoms with van der Waals surface area (Å²) in [6, 6.07) is 11.6. The predicted octanol–water partition coefficient (Wildman–Crippen LogP) is 5.20. The number of rotatable bonds is 6. The maximum atomic E-state index is 13.4. The van der Waals surface area contributed by atoms with Gasteiger partial charge in [0.25, 0.3) is 5.91 Å². The van der Waals surface area contributed by atoms with E-state index < -0.39 is 6.04 Å². The highest BCUT2D eigenvalue weighted by molar-refractivity contribution is 6.35. The molecule has 178 valence electrons. The number of carbonyl (C=O) groups excluding carboxylic acids is 1. The van der Waals surface area contributed by atoms with E-state index in [2.05, 4.69) is 30.9 Å². The van der Waals surface area contributed by atoms with Crippen molar-refractivity contribution in [2.45, 2.75) is 32.9 Å². The molecule has 0 N–H and O–H groups in total. The molecule has 2 atom stereocenters. The molecule has 34 heavy (non-hydrogen) atoms. The van der Waals surface area contributed by atoms with E-state index in [9.17, 15) is 4.79 Å². The molecule has 3 aromatic rings. The molecule has 1 aliphatic heterocycles. The SMILES string of the molecule is COc1ccc(C2C(n3cncn3)C(C(C)(C)C)=NN2C(=O)COc2ccc(Cl)cc2Cl)cc1. The third kappa shape index (κ3) is 4.88. The first kappa shape index (κ1) is 24.0. The highest BCUT2D eigenvalue weighted by Crippen LogP contribution is 2.44. The van der Waals surface area contributed by atoms with Gasteiger partial charge in [-0.3, -0.25) is 4.79 Å². The van der Waals surface area contributed by atoms with Crippen LogP contribution in [0.2, 0.25) is 10.0 Å². The van der Waals surface area contributed by atoms with Crippen molar-refractivity contribution in [1.82, 2.24) is 19.8 Å². The van der Waals surface area contributed by atoms with E-state index in [1.54, 1.807) is 36.3 Å². The van der Waals surface area contributed by atoms with E-state index in [4.69, 9.17) is 37.8 Å². The van der Waals surface area contributed by atoms with E-state index in [1.165, 1.54) is 11.3 Å². The first-order valence-corrected chi connectivity index (χ1v) is 11.4. The van der Waals surface area contributed by atoms with Gasteiger partial charge in [-0.25, -0.2) is 14.7 Å². The molecule has 1 aromatic heterocycles. The minimum absolute atomic E-state index is 0.251. The molecular weight excluding hydrogens is 477 g/mol. The van der Waals surface area contributed by atoms with Gasteiger partial charge in [-0.1, -0.05) is 56.1 Å². The average molecular weight is 502 g/mol. The lowest BCUT2D eigenvalue weighted by Crippen LogP contribution is -2.36. The Labute approximate surface area is 208 Å². The molecule has 8 nitrogen and oxygen atoms in total. The molecule has 0 radical (unpaired) electrons. The Balaban J connectivity index is 1.70. The lowest BCUT2D eigenvalue weighted by molar-refractivity contribution is -0.135. The van der Waals surface area contributed by atoms with Gasteiger partial charge in [0, 0.05) is 10.4 Å². The van der Waals surface area contributed by atoms with Crippen LogP contribution in [0.1, 0.15) is 38.4 Å². The highest BCUT2D eigenvalue weighted by atomic mass is 35.5. The first-order chi connectivity index (χ1) is 16.2. The predicted molar refractivity (Wildman–Crippen MR) is 130 cm³/mol. The summed E-state index contributed by atoms with van der Waals surface area (Å²) in [7, 11) is 1.61. The fourth-order valence-electron chi connectivity index (χ4n) is 3.88. The van der Waals surface area contributed by atoms with E-state index in [0.29, 0.717) is 15.8 Å². The number of nitrogens with zero attached hydrogens (tertiary/aromatic N) is 5. The Morgan fingerprint density at radius 1 is 1.09 bits per heavy atom. The molecule has 2 heterocycles. The molecule has 0 bridgehead atoms. The molecular formula is C24H25Cl2N5O3. The van der Waals surface area contributed by atoms with Crippen LogP contribution < -0.4 is 9.47 Å². The summed E-state index contributed by atoms with van der Waals surface area (Å²) in [5.41, 5.74) is 1.34. The van der Waals surface area contributed by atoms with Gasteiger partial charge in [0.1, 0.15) is 36.2 Å². The Hall–Kier alpha value is -3.10. The molecule has 2 aromatic carbocycles. The lowest BCUT2D eigenvalue weighted by Gasteiger charge is -2.29. The van der Waals surface area contributed by atoms with Gasteiger partial charge in [-0.15, -0.1) is 0 Å². The van der Waals surface area contributed by atoms with Gasteiger partial charge >= 0.3 is 0 Å². The number of carbonyl (C=O) groups is 1. The van der Waals surface area contributed by atoms with Crippen LogP contribution in [0.4, 0.5) is 0 Å². The van der Waals surface area contributed by atoms with E-state index in [1.807, 2.05) is 24.3 Å². The zero-order valence-corrected chi connectivity index (χ0v) is 20.8. The number of methoxy groups -OCH3 is 1. The molecule has 1 aliphatic rings. The normalized spacial score (nSPS) is 18.1. The van der Waals surface area contributed by atoms with Crippen molar-refractivity contribution >= 4 is 34.8 Å². The minimum Gasteiger partial charge on any atom is -0.497 e. The molecule has 10 heteroatoms. The smallest absolute Gasteiger partial charge is 0.281 e. The van der Waals surface area contributed by atoms with Crippen LogP contribution in [0.15, 0.2) is 60.2 Å². The maximum absolute atomic E-state index is 13.4. The molecule has 4 rings (SSSR count). The number of hydrogen-bond acceptors (Lipinski definition) is 6. The quantitative estimate of drug-likeness (QED) is 0.463. The van der Waals surface area contributed by atoms with Crippen LogP contribution >= 0.6 is 23.2 Å². The molecule has 2 unspecified atom stereocenters. The van der Waals surface area contributed by atoms with Crippen molar-refractivity contribution in [2.24, 2.45) is 10.5 Å². The molecule has 0 fully saturated rings. The highest BCUT2D eigenvalue weighted by Gasteiger charge is 2.46. The minimum atomic E-state index is -0.460. The van der Waals surface area contributed by atoms with Gasteiger partial charge in [-0.2, -0.15) is 10.2 Å². The number of hydrogen-bond donors (Lipinski definition) is 0. The molecule has 0 saturated carbocycles. The Bertz CT molecular complexity index is 1190. The monoisotopic (exact) mass is 501 g/mol. The van der Waals surface area contributed by atoms with Crippen molar-refractivity contribution in [2.75, 3.05) is 13.7 Å². The Kier molecular flexibility index (Phi) is 6.81. The van der Waals surface area contributed by atoms with E-state index in [0.717, 1.165) is 17.0 Å². The van der Waals surface area contributed by atoms with Crippen LogP contribution in [-0.2, 0) is 4.79 Å². The van der Waals surface area contributed by atoms with Gasteiger partial charge in [0.05, 0.1) is 17.8 Å². The molecule has 0 aliphatic carbocycles. The summed E-state index contributed by atoms with van der Waals surface area (Å²) in [5.74, 6) is 0.762. The fourth-order valence-corrected chi connectivity index (χ4v) is 4.34. The number of aromatic nitrogens is 3. The number of amides is 1. The Morgan fingerprint density at radius 3 is 2.41 bits per heavy atom. The van der Waals surface area contributed by atoms with Gasteiger partial charge in [0.15, 0.2) is 6.61 Å². The summed E-state index contributed by atoms with van der Waals surface area (Å²) in [4.78, 5) is 17.6. The summed E-state index contributed by atoms with van der Waals surface area (Å²) >= 11 is 12.2. The summed E-state index contributed by atoms with van der Waals surface area (Å²) in [5, 5.41) is 11.5. The van der Waals surface area contributed by atoms with Gasteiger partial charge in [-0.05, 0) is 35.9 Å². The van der Waals surface area contributed by atoms with Crippen molar-refractivity contribution in [3.8, 4) is 11.5 Å². The second kappa shape index (κ2) is 9.64. The van der Waals surface area contributed by atoms with E-state index >= 15 is 0 Å². The van der Waals surface area contributed by atoms with Crippen LogP contribution in [0, 0.1) is 5.41 Å². The topological polar surface area (TPSA) is 81.8 Å². The van der Waals surface area contributed by atoms with Crippen LogP contribution in [0.25, 0.3) is 0 Å². The maximum Gasteiger partial charge on any atom is 0.281 e.